The first-order chi connectivity index (χ1) is 16.2. The zero-order valence-electron chi connectivity index (χ0n) is 19.8. The molecule has 34 heavy (non-hydrogen) atoms. The average Bonchev–Trinajstić information content (AvgIpc) is 3.15. The van der Waals surface area contributed by atoms with Gasteiger partial charge < -0.3 is 24.1 Å². The fourth-order valence-corrected chi connectivity index (χ4v) is 4.53. The van der Waals surface area contributed by atoms with Gasteiger partial charge in [-0.15, -0.1) is 0 Å². The Morgan fingerprint density at radius 1 is 1.32 bits per heavy atom. The van der Waals surface area contributed by atoms with Crippen LogP contribution in [0.3, 0.4) is 0 Å². The number of ether oxygens (including phenoxy) is 1. The molecule has 0 bridgehead atoms. The summed E-state index contributed by atoms with van der Waals surface area (Å²) in [5.41, 5.74) is 4.07. The van der Waals surface area contributed by atoms with Gasteiger partial charge in [0.05, 0.1) is 29.8 Å². The molecule has 4 rings (SSSR count). The minimum Gasteiger partial charge on any atom is -0.480 e. The Morgan fingerprint density at radius 3 is 2.76 bits per heavy atom. The van der Waals surface area contributed by atoms with Crippen molar-refractivity contribution in [2.75, 3.05) is 6.61 Å². The van der Waals surface area contributed by atoms with Gasteiger partial charge in [-0.1, -0.05) is 6.07 Å². The van der Waals surface area contributed by atoms with Crippen LogP contribution >= 0.6 is 0 Å². The van der Waals surface area contributed by atoms with Gasteiger partial charge in [-0.25, -0.2) is 4.98 Å². The molecule has 0 radical (unpaired) electrons. The van der Waals surface area contributed by atoms with Crippen LogP contribution in [0, 0.1) is 6.92 Å². The zero-order valence-corrected chi connectivity index (χ0v) is 19.8. The molecule has 3 N–H and O–H groups in total. The summed E-state index contributed by atoms with van der Waals surface area (Å²) in [6, 6.07) is 6.63. The fraction of sp³-hybridized carbons (Fsp3) is 0.480. The molecule has 1 aliphatic rings. The normalized spacial score (nSPS) is 18.2. The van der Waals surface area contributed by atoms with E-state index in [1.807, 2.05) is 24.3 Å². The summed E-state index contributed by atoms with van der Waals surface area (Å²) < 4.78 is 9.72. The molecule has 0 amide bonds. The number of rotatable bonds is 8. The number of aliphatic hydroxyl groups is 1. The van der Waals surface area contributed by atoms with Gasteiger partial charge in [0.25, 0.3) is 5.56 Å². The largest absolute Gasteiger partial charge is 0.480 e. The maximum atomic E-state index is 12.2. The van der Waals surface area contributed by atoms with Crippen LogP contribution in [0.15, 0.2) is 35.3 Å². The molecule has 1 aromatic carbocycles. The zero-order chi connectivity index (χ0) is 24.4. The summed E-state index contributed by atoms with van der Waals surface area (Å²) in [6.07, 6.45) is 4.02. The van der Waals surface area contributed by atoms with Crippen LogP contribution in [0.25, 0.3) is 22.4 Å². The second kappa shape index (κ2) is 10.1. The van der Waals surface area contributed by atoms with Gasteiger partial charge in [0.1, 0.15) is 11.9 Å². The molecule has 1 fully saturated rings. The number of aromatic nitrogens is 3. The number of aliphatic carboxylic acids is 1. The van der Waals surface area contributed by atoms with Gasteiger partial charge in [0.2, 0.25) is 0 Å². The first-order valence-electron chi connectivity index (χ1n) is 11.7. The highest BCUT2D eigenvalue weighted by atomic mass is 16.5. The Labute approximate surface area is 198 Å². The van der Waals surface area contributed by atoms with Crippen molar-refractivity contribution in [3.05, 3.63) is 51.9 Å². The Balaban J connectivity index is 1.75. The molecule has 3 atom stereocenters. The lowest BCUT2D eigenvalue weighted by Gasteiger charge is -2.24. The van der Waals surface area contributed by atoms with E-state index in [1.54, 1.807) is 24.7 Å². The van der Waals surface area contributed by atoms with Crippen molar-refractivity contribution < 1.29 is 19.7 Å². The maximum absolute atomic E-state index is 12.2. The number of nitrogens with one attached hydrogen (secondary N) is 1. The number of carboxylic acid groups (broad SMARTS) is 1. The highest BCUT2D eigenvalue weighted by Gasteiger charge is 2.23. The minimum absolute atomic E-state index is 0.0403. The van der Waals surface area contributed by atoms with Gasteiger partial charge in [-0.05, 0) is 56.9 Å². The van der Waals surface area contributed by atoms with E-state index in [9.17, 15) is 19.8 Å². The molecule has 2 aromatic heterocycles. The van der Waals surface area contributed by atoms with E-state index in [0.29, 0.717) is 12.1 Å². The van der Waals surface area contributed by atoms with Crippen molar-refractivity contribution in [2.45, 2.75) is 64.4 Å². The fourth-order valence-electron chi connectivity index (χ4n) is 4.53. The summed E-state index contributed by atoms with van der Waals surface area (Å²) in [4.78, 5) is 28.5. The van der Waals surface area contributed by atoms with Gasteiger partial charge in [0.15, 0.2) is 0 Å². The number of nitrogens with zero attached hydrogens (tertiary/aromatic N) is 3. The molecule has 182 valence electrons. The van der Waals surface area contributed by atoms with Crippen molar-refractivity contribution in [2.24, 2.45) is 7.05 Å². The first-order valence-corrected chi connectivity index (χ1v) is 11.7. The van der Waals surface area contributed by atoms with Crippen molar-refractivity contribution in [1.29, 1.82) is 0 Å². The third kappa shape index (κ3) is 5.06. The van der Waals surface area contributed by atoms with E-state index < -0.39 is 18.1 Å². The number of carboxylic acids is 1. The molecular weight excluding hydrogens is 436 g/mol. The molecular formula is C25H32N4O5. The van der Waals surface area contributed by atoms with Gasteiger partial charge >= 0.3 is 5.97 Å². The SMILES string of the molecule is Cc1cc(-c2nc3ccc(CNC(C(=O)O)C(C)O)cc3n2CC2CCCCO2)cn(C)c1=O. The van der Waals surface area contributed by atoms with Crippen LogP contribution in [0.2, 0.25) is 0 Å². The number of hydrogen-bond acceptors (Lipinski definition) is 6. The summed E-state index contributed by atoms with van der Waals surface area (Å²) >= 11 is 0. The molecule has 9 heteroatoms. The van der Waals surface area contributed by atoms with Crippen molar-refractivity contribution in [3.8, 4) is 11.4 Å². The second-order valence-corrected chi connectivity index (χ2v) is 9.12. The van der Waals surface area contributed by atoms with Crippen LogP contribution in [0.5, 0.6) is 0 Å². The second-order valence-electron chi connectivity index (χ2n) is 9.12. The van der Waals surface area contributed by atoms with Crippen LogP contribution < -0.4 is 10.9 Å². The number of aliphatic hydroxyl groups excluding tert-OH is 1. The number of pyridine rings is 1. The van der Waals surface area contributed by atoms with E-state index in [-0.39, 0.29) is 18.2 Å². The van der Waals surface area contributed by atoms with Gasteiger partial charge in [-0.2, -0.15) is 0 Å². The average molecular weight is 469 g/mol. The summed E-state index contributed by atoms with van der Waals surface area (Å²) in [5.74, 6) is -0.330. The van der Waals surface area contributed by atoms with E-state index in [0.717, 1.165) is 53.9 Å². The number of carbonyl (C=O) groups is 1. The summed E-state index contributed by atoms with van der Waals surface area (Å²) in [6.45, 7) is 4.92. The quantitative estimate of drug-likeness (QED) is 0.464. The monoisotopic (exact) mass is 468 g/mol. The number of benzene rings is 1. The van der Waals surface area contributed by atoms with Crippen molar-refractivity contribution in [1.82, 2.24) is 19.4 Å². The van der Waals surface area contributed by atoms with Crippen LogP contribution in [0.4, 0.5) is 0 Å². The number of fused-ring (bicyclic) bond motifs is 1. The molecule has 0 saturated carbocycles. The molecule has 1 saturated heterocycles. The molecule has 3 aromatic rings. The highest BCUT2D eigenvalue weighted by molar-refractivity contribution is 5.81. The standard InChI is InChI=1S/C25H32N4O5/c1-15-10-18(13-28(3)24(15)31)23-27-20-8-7-17(12-26-22(16(2)30)25(32)33)11-21(20)29(23)14-19-6-4-5-9-34-19/h7-8,10-11,13,16,19,22,26,30H,4-6,9,12,14H2,1-3H3,(H,32,33). The molecule has 3 heterocycles. The van der Waals surface area contributed by atoms with E-state index in [1.165, 1.54) is 6.92 Å². The van der Waals surface area contributed by atoms with Crippen LogP contribution in [-0.4, -0.2) is 55.2 Å². The van der Waals surface area contributed by atoms with E-state index in [2.05, 4.69) is 9.88 Å². The lowest BCUT2D eigenvalue weighted by Crippen LogP contribution is -2.44. The lowest BCUT2D eigenvalue weighted by molar-refractivity contribution is -0.142. The van der Waals surface area contributed by atoms with Gasteiger partial charge in [-0.3, -0.25) is 14.9 Å². The third-order valence-corrected chi connectivity index (χ3v) is 6.37. The number of imidazole rings is 1. The molecule has 3 unspecified atom stereocenters. The Morgan fingerprint density at radius 2 is 2.12 bits per heavy atom. The van der Waals surface area contributed by atoms with E-state index >= 15 is 0 Å². The predicted molar refractivity (Wildman–Crippen MR) is 129 cm³/mol. The molecule has 9 nitrogen and oxygen atoms in total. The van der Waals surface area contributed by atoms with Crippen LogP contribution in [-0.2, 0) is 29.7 Å². The third-order valence-electron chi connectivity index (χ3n) is 6.37. The Kier molecular flexibility index (Phi) is 7.16. The predicted octanol–water partition coefficient (Wildman–Crippen LogP) is 2.20. The minimum atomic E-state index is -1.09. The maximum Gasteiger partial charge on any atom is 0.323 e. The smallest absolute Gasteiger partial charge is 0.323 e. The van der Waals surface area contributed by atoms with Crippen molar-refractivity contribution >= 4 is 17.0 Å². The van der Waals surface area contributed by atoms with Crippen LogP contribution in [0.1, 0.15) is 37.3 Å². The lowest BCUT2D eigenvalue weighted by atomic mass is 10.1. The Bertz CT molecular complexity index is 1210. The Hall–Kier alpha value is -3.01. The number of hydrogen-bond donors (Lipinski definition) is 3. The molecule has 1 aliphatic heterocycles. The molecule has 0 aliphatic carbocycles. The molecule has 0 spiro atoms. The number of aryl methyl sites for hydroxylation is 2. The topological polar surface area (TPSA) is 119 Å². The van der Waals surface area contributed by atoms with E-state index in [4.69, 9.17) is 9.72 Å². The first kappa shape index (κ1) is 24.1. The highest BCUT2D eigenvalue weighted by Crippen LogP contribution is 2.28. The summed E-state index contributed by atoms with van der Waals surface area (Å²) in [5, 5.41) is 22.0. The summed E-state index contributed by atoms with van der Waals surface area (Å²) in [7, 11) is 1.74. The van der Waals surface area contributed by atoms with Crippen molar-refractivity contribution in [3.63, 3.8) is 0 Å². The van der Waals surface area contributed by atoms with Gasteiger partial charge in [0, 0.05) is 37.5 Å².